The fraction of sp³-hybridized carbons (Fsp3) is 0. The lowest BCUT2D eigenvalue weighted by atomic mass is 10.2. The maximum Gasteiger partial charge on any atom is 0.0929 e. The second-order valence-electron chi connectivity index (χ2n) is 2.71. The molecule has 4 heteroatoms. The number of hydrazine groups is 1. The third kappa shape index (κ3) is 0.611. The molecule has 0 spiro atoms. The highest BCUT2D eigenvalue weighted by Crippen LogP contribution is 2.08. The number of hydrogen-bond donors (Lipinski definition) is 2. The van der Waals surface area contributed by atoms with Gasteiger partial charge < -0.3 is 10.9 Å². The standard InChI is InChI=1S/C8H6N4/c1-5-2-9-4-8(11-5)6-3-10-12-7(1)6/h1-4,10,12H. The molecule has 0 aliphatic carbocycles. The van der Waals surface area contributed by atoms with Crippen LogP contribution in [0.1, 0.15) is 0 Å². The zero-order valence-electron chi connectivity index (χ0n) is 6.20. The number of rotatable bonds is 0. The first kappa shape index (κ1) is 5.77. The lowest BCUT2D eigenvalue weighted by Gasteiger charge is -1.99. The quantitative estimate of drug-likeness (QED) is 0.567. The Kier molecular flexibility index (Phi) is 0.889. The molecular formula is C8H6N4. The van der Waals surface area contributed by atoms with Crippen LogP contribution in [0, 0.1) is 0 Å². The zero-order valence-corrected chi connectivity index (χ0v) is 6.20. The predicted octanol–water partition coefficient (Wildman–Crippen LogP) is 0.0168. The summed E-state index contributed by atoms with van der Waals surface area (Å²) in [5, 5.41) is 1.08. The Labute approximate surface area is 68.3 Å². The van der Waals surface area contributed by atoms with E-state index in [9.17, 15) is 0 Å². The molecule has 2 bridgehead atoms. The molecule has 3 heterocycles. The van der Waals surface area contributed by atoms with E-state index < -0.39 is 0 Å². The van der Waals surface area contributed by atoms with Crippen LogP contribution in [0.5, 0.6) is 0 Å². The molecule has 0 unspecified atom stereocenters. The van der Waals surface area contributed by atoms with E-state index >= 15 is 0 Å². The van der Waals surface area contributed by atoms with Crippen LogP contribution in [0.25, 0.3) is 17.2 Å². The molecular weight excluding hydrogens is 152 g/mol. The van der Waals surface area contributed by atoms with Crippen molar-refractivity contribution >= 4 is 22.9 Å². The van der Waals surface area contributed by atoms with Crippen LogP contribution in [0.3, 0.4) is 0 Å². The normalized spacial score (nSPS) is 13.3. The Morgan fingerprint density at radius 1 is 1.25 bits per heavy atom. The summed E-state index contributed by atoms with van der Waals surface area (Å²) in [6.07, 6.45) is 5.39. The van der Waals surface area contributed by atoms with Gasteiger partial charge >= 0.3 is 0 Å². The average Bonchev–Trinajstić information content (AvgIpc) is 2.53. The van der Waals surface area contributed by atoms with Gasteiger partial charge in [0.25, 0.3) is 0 Å². The minimum atomic E-state index is 0.899. The number of nitrogens with zero attached hydrogens (tertiary/aromatic N) is 2. The fourth-order valence-corrected chi connectivity index (χ4v) is 1.39. The topological polar surface area (TPSA) is 49.8 Å². The number of nitrogens with one attached hydrogen (secondary N) is 2. The summed E-state index contributed by atoms with van der Waals surface area (Å²) in [5.74, 6) is 0. The van der Waals surface area contributed by atoms with Crippen molar-refractivity contribution in [2.24, 2.45) is 0 Å². The van der Waals surface area contributed by atoms with Gasteiger partial charge in [0.15, 0.2) is 0 Å². The van der Waals surface area contributed by atoms with Crippen molar-refractivity contribution in [2.75, 3.05) is 5.43 Å². The number of aromatic nitrogens is 2. The predicted molar refractivity (Wildman–Crippen MR) is 46.0 cm³/mol. The highest BCUT2D eigenvalue weighted by Gasteiger charge is 2.05. The van der Waals surface area contributed by atoms with Gasteiger partial charge in [-0.05, 0) is 6.07 Å². The highest BCUT2D eigenvalue weighted by atomic mass is 15.4. The van der Waals surface area contributed by atoms with Crippen LogP contribution in [0.2, 0.25) is 0 Å². The molecule has 0 amide bonds. The molecule has 0 saturated carbocycles. The third-order valence-electron chi connectivity index (χ3n) is 1.93. The lowest BCUT2D eigenvalue weighted by Crippen LogP contribution is -2.08. The van der Waals surface area contributed by atoms with Crippen molar-refractivity contribution in [1.82, 2.24) is 15.4 Å². The maximum atomic E-state index is 4.33. The van der Waals surface area contributed by atoms with Gasteiger partial charge in [-0.15, -0.1) is 0 Å². The molecule has 58 valence electrons. The fourth-order valence-electron chi connectivity index (χ4n) is 1.39. The molecule has 0 saturated heterocycles. The maximum absolute atomic E-state index is 4.33. The Balaban J connectivity index is 2.59. The van der Waals surface area contributed by atoms with Crippen molar-refractivity contribution in [3.05, 3.63) is 23.7 Å². The molecule has 2 N–H and O–H groups in total. The number of anilines is 1. The monoisotopic (exact) mass is 158 g/mol. The van der Waals surface area contributed by atoms with E-state index in [0.29, 0.717) is 0 Å². The molecule has 2 aromatic heterocycles. The summed E-state index contributed by atoms with van der Waals surface area (Å²) in [4.78, 5) is 8.40. The van der Waals surface area contributed by atoms with Gasteiger partial charge in [0.05, 0.1) is 29.1 Å². The van der Waals surface area contributed by atoms with E-state index in [1.165, 1.54) is 0 Å². The van der Waals surface area contributed by atoms with Crippen LogP contribution in [-0.2, 0) is 0 Å². The van der Waals surface area contributed by atoms with Gasteiger partial charge in [0.2, 0.25) is 0 Å². The van der Waals surface area contributed by atoms with E-state index in [1.807, 2.05) is 12.3 Å². The number of pyridine rings is 1. The van der Waals surface area contributed by atoms with E-state index in [1.54, 1.807) is 12.4 Å². The van der Waals surface area contributed by atoms with Crippen molar-refractivity contribution in [1.29, 1.82) is 0 Å². The first-order valence-electron chi connectivity index (χ1n) is 3.70. The van der Waals surface area contributed by atoms with E-state index in [0.717, 1.165) is 21.9 Å². The van der Waals surface area contributed by atoms with Crippen molar-refractivity contribution < 1.29 is 0 Å². The minimum Gasteiger partial charge on any atom is -0.307 e. The summed E-state index contributed by atoms with van der Waals surface area (Å²) in [5.41, 5.74) is 8.83. The Bertz CT molecular complexity index is 491. The third-order valence-corrected chi connectivity index (χ3v) is 1.93. The van der Waals surface area contributed by atoms with Gasteiger partial charge in [-0.3, -0.25) is 4.98 Å². The minimum absolute atomic E-state index is 0.899. The molecule has 0 radical (unpaired) electrons. The SMILES string of the molecule is C1=c2c(cc3cncc2n3)NN1. The van der Waals surface area contributed by atoms with Crippen LogP contribution >= 0.6 is 0 Å². The molecule has 12 heavy (non-hydrogen) atoms. The van der Waals surface area contributed by atoms with Gasteiger partial charge in [0.1, 0.15) is 0 Å². The van der Waals surface area contributed by atoms with Gasteiger partial charge in [-0.25, -0.2) is 4.98 Å². The second kappa shape index (κ2) is 1.85. The smallest absolute Gasteiger partial charge is 0.0929 e. The van der Waals surface area contributed by atoms with Crippen LogP contribution < -0.4 is 16.1 Å². The van der Waals surface area contributed by atoms with E-state index in [2.05, 4.69) is 20.8 Å². The second-order valence-corrected chi connectivity index (χ2v) is 2.71. The van der Waals surface area contributed by atoms with Gasteiger partial charge in [-0.1, -0.05) is 0 Å². The molecule has 0 aromatic carbocycles. The molecule has 0 fully saturated rings. The first-order chi connectivity index (χ1) is 5.93. The largest absolute Gasteiger partial charge is 0.307 e. The summed E-state index contributed by atoms with van der Waals surface area (Å²) < 4.78 is 0. The van der Waals surface area contributed by atoms with Crippen LogP contribution in [-0.4, -0.2) is 9.97 Å². The Hall–Kier alpha value is -1.84. The van der Waals surface area contributed by atoms with Gasteiger partial charge in [0, 0.05) is 11.4 Å². The van der Waals surface area contributed by atoms with Gasteiger partial charge in [-0.2, -0.15) is 0 Å². The Morgan fingerprint density at radius 2 is 2.25 bits per heavy atom. The summed E-state index contributed by atoms with van der Waals surface area (Å²) in [6.45, 7) is 0. The van der Waals surface area contributed by atoms with Crippen molar-refractivity contribution in [3.8, 4) is 0 Å². The zero-order chi connectivity index (χ0) is 7.97. The summed E-state index contributed by atoms with van der Waals surface area (Å²) in [6, 6.07) is 1.96. The molecule has 0 atom stereocenters. The number of hydrogen-bond acceptors (Lipinski definition) is 4. The van der Waals surface area contributed by atoms with Crippen molar-refractivity contribution in [2.45, 2.75) is 0 Å². The Morgan fingerprint density at radius 3 is 3.25 bits per heavy atom. The van der Waals surface area contributed by atoms with Crippen LogP contribution in [0.4, 0.5) is 5.69 Å². The van der Waals surface area contributed by atoms with Crippen molar-refractivity contribution in [3.63, 3.8) is 0 Å². The number of fused-ring (bicyclic) bond motifs is 4. The molecule has 1 aliphatic heterocycles. The highest BCUT2D eigenvalue weighted by molar-refractivity contribution is 5.72. The van der Waals surface area contributed by atoms with Crippen LogP contribution in [0.15, 0.2) is 18.5 Å². The molecule has 1 aliphatic rings. The lowest BCUT2D eigenvalue weighted by molar-refractivity contribution is 1.16. The average molecular weight is 158 g/mol. The summed E-state index contributed by atoms with van der Waals surface area (Å²) in [7, 11) is 0. The molecule has 4 nitrogen and oxygen atoms in total. The first-order valence-corrected chi connectivity index (χ1v) is 3.70. The van der Waals surface area contributed by atoms with E-state index in [-0.39, 0.29) is 0 Å². The molecule has 3 rings (SSSR count). The molecule has 2 aromatic rings. The van der Waals surface area contributed by atoms with E-state index in [4.69, 9.17) is 0 Å². The summed E-state index contributed by atoms with van der Waals surface area (Å²) >= 11 is 0.